The molecule has 0 bridgehead atoms. The molecular weight excluding hydrogens is 701 g/mol. The first-order chi connectivity index (χ1) is 26.3. The van der Waals surface area contributed by atoms with E-state index in [9.17, 15) is 19.0 Å². The lowest BCUT2D eigenvalue weighted by Gasteiger charge is -2.19. The van der Waals surface area contributed by atoms with E-state index in [-0.39, 0.29) is 38.6 Å². The van der Waals surface area contributed by atoms with E-state index < -0.39 is 26.5 Å². The summed E-state index contributed by atoms with van der Waals surface area (Å²) in [5, 5.41) is 0. The van der Waals surface area contributed by atoms with Crippen molar-refractivity contribution >= 4 is 19.8 Å². The molecule has 0 aromatic carbocycles. The highest BCUT2D eigenvalue weighted by molar-refractivity contribution is 7.47. The van der Waals surface area contributed by atoms with Gasteiger partial charge in [0.2, 0.25) is 0 Å². The van der Waals surface area contributed by atoms with Crippen LogP contribution in [-0.2, 0) is 32.7 Å². The zero-order valence-corrected chi connectivity index (χ0v) is 36.1. The fraction of sp³-hybridized carbons (Fsp3) is 0.909. The van der Waals surface area contributed by atoms with Crippen molar-refractivity contribution in [3.8, 4) is 0 Å². The van der Waals surface area contributed by atoms with Gasteiger partial charge in [0.25, 0.3) is 0 Å². The molecule has 0 aromatic rings. The van der Waals surface area contributed by atoms with Gasteiger partial charge < -0.3 is 20.1 Å². The predicted molar refractivity (Wildman–Crippen MR) is 224 cm³/mol. The van der Waals surface area contributed by atoms with Crippen molar-refractivity contribution in [3.05, 3.63) is 12.2 Å². The molecule has 0 spiro atoms. The highest BCUT2D eigenvalue weighted by Crippen LogP contribution is 2.43. The number of esters is 2. The van der Waals surface area contributed by atoms with Crippen LogP contribution in [0.4, 0.5) is 0 Å². The smallest absolute Gasteiger partial charge is 0.462 e. The van der Waals surface area contributed by atoms with Crippen LogP contribution >= 0.6 is 7.82 Å². The molecule has 0 aliphatic heterocycles. The first-order valence-corrected chi connectivity index (χ1v) is 24.2. The molecule has 9 nitrogen and oxygen atoms in total. The van der Waals surface area contributed by atoms with E-state index in [1.54, 1.807) is 0 Å². The van der Waals surface area contributed by atoms with Crippen molar-refractivity contribution in [2.75, 3.05) is 26.4 Å². The highest BCUT2D eigenvalue weighted by Gasteiger charge is 2.26. The lowest BCUT2D eigenvalue weighted by molar-refractivity contribution is -0.161. The molecule has 0 aliphatic carbocycles. The standard InChI is InChI=1S/C44H86NO8P/c1-3-5-7-9-11-13-15-17-18-19-20-21-22-23-24-25-27-28-30-32-34-36-43(46)50-40-42(41-52-54(48,49)51-39-38-45)53-44(47)37-35-33-31-29-26-16-14-12-10-8-6-4-2/h17-18,42H,3-16,19-41,45H2,1-2H3,(H,48,49)/b18-17-/t42-/m1/s1. The quantitative estimate of drug-likeness (QED) is 0.0268. The van der Waals surface area contributed by atoms with Crippen LogP contribution in [0.2, 0.25) is 0 Å². The molecule has 2 atom stereocenters. The summed E-state index contributed by atoms with van der Waals surface area (Å²) >= 11 is 0. The van der Waals surface area contributed by atoms with Crippen molar-refractivity contribution in [2.45, 2.75) is 232 Å². The summed E-state index contributed by atoms with van der Waals surface area (Å²) in [6.45, 7) is 3.75. The third kappa shape index (κ3) is 40.4. The first kappa shape index (κ1) is 52.8. The Morgan fingerprint density at radius 1 is 0.537 bits per heavy atom. The topological polar surface area (TPSA) is 134 Å². The number of ether oxygens (including phenoxy) is 2. The second-order valence-electron chi connectivity index (χ2n) is 15.3. The van der Waals surface area contributed by atoms with Crippen molar-refractivity contribution in [3.63, 3.8) is 0 Å². The average Bonchev–Trinajstić information content (AvgIpc) is 3.16. The zero-order valence-electron chi connectivity index (χ0n) is 35.2. The second kappa shape index (κ2) is 41.4. The molecule has 0 heterocycles. The average molecular weight is 788 g/mol. The van der Waals surface area contributed by atoms with Crippen molar-refractivity contribution in [2.24, 2.45) is 5.73 Å². The lowest BCUT2D eigenvalue weighted by Crippen LogP contribution is -2.29. The van der Waals surface area contributed by atoms with Crippen molar-refractivity contribution in [1.82, 2.24) is 0 Å². The number of hydrogen-bond acceptors (Lipinski definition) is 8. The molecule has 0 radical (unpaired) electrons. The number of nitrogens with two attached hydrogens (primary N) is 1. The minimum Gasteiger partial charge on any atom is -0.462 e. The molecule has 3 N–H and O–H groups in total. The summed E-state index contributed by atoms with van der Waals surface area (Å²) in [6, 6.07) is 0. The van der Waals surface area contributed by atoms with E-state index in [1.165, 1.54) is 161 Å². The van der Waals surface area contributed by atoms with Gasteiger partial charge in [0.1, 0.15) is 6.61 Å². The van der Waals surface area contributed by atoms with Crippen LogP contribution in [-0.4, -0.2) is 49.3 Å². The number of rotatable bonds is 43. The molecule has 1 unspecified atom stereocenters. The van der Waals surface area contributed by atoms with Gasteiger partial charge in [0, 0.05) is 19.4 Å². The fourth-order valence-corrected chi connectivity index (χ4v) is 7.28. The predicted octanol–water partition coefficient (Wildman–Crippen LogP) is 13.0. The summed E-state index contributed by atoms with van der Waals surface area (Å²) in [5.74, 6) is -0.819. The monoisotopic (exact) mass is 788 g/mol. The van der Waals surface area contributed by atoms with Gasteiger partial charge in [-0.2, -0.15) is 0 Å². The number of hydrogen-bond donors (Lipinski definition) is 2. The SMILES string of the molecule is CCCCCCCC/C=C\CCCCCCCCCCCCCC(=O)OC[C@H](COP(=O)(O)OCCN)OC(=O)CCCCCCCCCCCCCC. The van der Waals surface area contributed by atoms with Gasteiger partial charge in [-0.15, -0.1) is 0 Å². The number of carbonyl (C=O) groups excluding carboxylic acids is 2. The fourth-order valence-electron chi connectivity index (χ4n) is 6.51. The Morgan fingerprint density at radius 2 is 0.907 bits per heavy atom. The van der Waals surface area contributed by atoms with Gasteiger partial charge in [-0.1, -0.05) is 187 Å². The van der Waals surface area contributed by atoms with Gasteiger partial charge in [-0.25, -0.2) is 4.57 Å². The maximum absolute atomic E-state index is 12.6. The minimum atomic E-state index is -4.37. The second-order valence-corrected chi connectivity index (χ2v) is 16.7. The molecule has 320 valence electrons. The van der Waals surface area contributed by atoms with E-state index in [0.717, 1.165) is 32.1 Å². The molecule has 0 amide bonds. The summed E-state index contributed by atoms with van der Waals surface area (Å²) in [7, 11) is -4.37. The van der Waals surface area contributed by atoms with Crippen LogP contribution in [0.5, 0.6) is 0 Å². The number of phosphoric ester groups is 1. The normalized spacial score (nSPS) is 13.3. The summed E-state index contributed by atoms with van der Waals surface area (Å²) in [6.07, 6.45) is 42.4. The molecular formula is C44H86NO8P. The largest absolute Gasteiger partial charge is 0.472 e. The Bertz CT molecular complexity index is 902. The van der Waals surface area contributed by atoms with Crippen LogP contribution < -0.4 is 5.73 Å². The van der Waals surface area contributed by atoms with Gasteiger partial charge >= 0.3 is 19.8 Å². The van der Waals surface area contributed by atoms with Gasteiger partial charge in [0.15, 0.2) is 6.10 Å². The molecule has 0 aliphatic rings. The van der Waals surface area contributed by atoms with E-state index in [2.05, 4.69) is 26.0 Å². The van der Waals surface area contributed by atoms with E-state index >= 15 is 0 Å². The number of carbonyl (C=O) groups is 2. The third-order valence-corrected chi connectivity index (χ3v) is 10.9. The minimum absolute atomic E-state index is 0.0564. The first-order valence-electron chi connectivity index (χ1n) is 22.7. The molecule has 0 rings (SSSR count). The van der Waals surface area contributed by atoms with Crippen LogP contribution in [0.3, 0.4) is 0 Å². The molecule has 0 fully saturated rings. The highest BCUT2D eigenvalue weighted by atomic mass is 31.2. The zero-order chi connectivity index (χ0) is 39.6. The van der Waals surface area contributed by atoms with E-state index in [0.29, 0.717) is 6.42 Å². The Kier molecular flexibility index (Phi) is 40.4. The Hall–Kier alpha value is -1.25. The Balaban J connectivity index is 4.03. The summed E-state index contributed by atoms with van der Waals surface area (Å²) in [5.41, 5.74) is 5.35. The van der Waals surface area contributed by atoms with Crippen molar-refractivity contribution in [1.29, 1.82) is 0 Å². The number of allylic oxidation sites excluding steroid dienone is 2. The van der Waals surface area contributed by atoms with Crippen molar-refractivity contribution < 1.29 is 37.6 Å². The van der Waals surface area contributed by atoms with Crippen LogP contribution in [0.1, 0.15) is 226 Å². The summed E-state index contributed by atoms with van der Waals surface area (Å²) < 4.78 is 32.8. The number of unbranched alkanes of at least 4 members (excludes halogenated alkanes) is 28. The molecule has 10 heteroatoms. The molecule has 0 saturated heterocycles. The van der Waals surface area contributed by atoms with E-state index in [1.807, 2.05) is 0 Å². The molecule has 54 heavy (non-hydrogen) atoms. The maximum Gasteiger partial charge on any atom is 0.472 e. The maximum atomic E-state index is 12.6. The Morgan fingerprint density at radius 3 is 1.31 bits per heavy atom. The van der Waals surface area contributed by atoms with Crippen LogP contribution in [0, 0.1) is 0 Å². The number of phosphoric acid groups is 1. The Labute approximate surface area is 332 Å². The molecule has 0 saturated carbocycles. The van der Waals surface area contributed by atoms with Crippen LogP contribution in [0.15, 0.2) is 12.2 Å². The van der Waals surface area contributed by atoms with Gasteiger partial charge in [-0.3, -0.25) is 18.6 Å². The molecule has 0 aromatic heterocycles. The van der Waals surface area contributed by atoms with Crippen LogP contribution in [0.25, 0.3) is 0 Å². The lowest BCUT2D eigenvalue weighted by atomic mass is 10.0. The van der Waals surface area contributed by atoms with Gasteiger partial charge in [-0.05, 0) is 38.5 Å². The van der Waals surface area contributed by atoms with E-state index in [4.69, 9.17) is 24.3 Å². The third-order valence-electron chi connectivity index (χ3n) is 9.90. The van der Waals surface area contributed by atoms with Gasteiger partial charge in [0.05, 0.1) is 13.2 Å². The summed E-state index contributed by atoms with van der Waals surface area (Å²) in [4.78, 5) is 34.8.